The van der Waals surface area contributed by atoms with Crippen LogP contribution in [0.4, 0.5) is 5.82 Å². The number of hydrogen-bond donors (Lipinski definition) is 1. The average molecular weight is 272 g/mol. The van der Waals surface area contributed by atoms with E-state index >= 15 is 0 Å². The Hall–Kier alpha value is -1.08. The van der Waals surface area contributed by atoms with E-state index in [4.69, 9.17) is 5.73 Å². The van der Waals surface area contributed by atoms with Crippen molar-refractivity contribution in [2.24, 2.45) is 13.0 Å². The van der Waals surface area contributed by atoms with Gasteiger partial charge in [0.1, 0.15) is 0 Å². The summed E-state index contributed by atoms with van der Waals surface area (Å²) in [5, 5.41) is 0.100. The Labute approximate surface area is 108 Å². The van der Waals surface area contributed by atoms with Gasteiger partial charge >= 0.3 is 0 Å². The molecule has 1 aromatic rings. The summed E-state index contributed by atoms with van der Waals surface area (Å²) in [6.07, 6.45) is 3.38. The number of aryl methyl sites for hydroxylation is 1. The van der Waals surface area contributed by atoms with E-state index in [2.05, 4.69) is 11.9 Å². The highest BCUT2D eigenvalue weighted by molar-refractivity contribution is 7.89. The van der Waals surface area contributed by atoms with Crippen LogP contribution in [0.15, 0.2) is 11.4 Å². The Morgan fingerprint density at radius 3 is 2.61 bits per heavy atom. The summed E-state index contributed by atoms with van der Waals surface area (Å²) in [6, 6.07) is 0.0144. The van der Waals surface area contributed by atoms with Crippen molar-refractivity contribution in [1.29, 1.82) is 0 Å². The number of sulfonamides is 1. The van der Waals surface area contributed by atoms with Crippen LogP contribution in [0, 0.1) is 5.92 Å². The highest BCUT2D eigenvalue weighted by Crippen LogP contribution is 2.29. The van der Waals surface area contributed by atoms with Crippen LogP contribution in [0.1, 0.15) is 26.7 Å². The zero-order chi connectivity index (χ0) is 13.5. The van der Waals surface area contributed by atoms with Crippen LogP contribution in [0.2, 0.25) is 0 Å². The molecule has 2 unspecified atom stereocenters. The second-order valence-corrected chi connectivity index (χ2v) is 6.96. The summed E-state index contributed by atoms with van der Waals surface area (Å²) in [4.78, 5) is 3.86. The van der Waals surface area contributed by atoms with Gasteiger partial charge in [0.2, 0.25) is 0 Å². The third-order valence-corrected chi connectivity index (χ3v) is 5.64. The molecule has 6 nitrogen and oxygen atoms in total. The highest BCUT2D eigenvalue weighted by Gasteiger charge is 2.36. The van der Waals surface area contributed by atoms with E-state index in [1.54, 1.807) is 11.4 Å². The van der Waals surface area contributed by atoms with E-state index in [0.29, 0.717) is 12.5 Å². The van der Waals surface area contributed by atoms with E-state index in [1.165, 1.54) is 10.9 Å². The summed E-state index contributed by atoms with van der Waals surface area (Å²) in [5.74, 6) is 0.452. The van der Waals surface area contributed by atoms with Gasteiger partial charge in [0.25, 0.3) is 10.0 Å². The fourth-order valence-corrected chi connectivity index (χ4v) is 4.43. The molecule has 102 valence electrons. The van der Waals surface area contributed by atoms with Crippen molar-refractivity contribution < 1.29 is 8.42 Å². The van der Waals surface area contributed by atoms with Gasteiger partial charge in [-0.1, -0.05) is 6.92 Å². The normalized spacial score (nSPS) is 26.4. The van der Waals surface area contributed by atoms with E-state index in [0.717, 1.165) is 12.8 Å². The van der Waals surface area contributed by atoms with Gasteiger partial charge in [-0.2, -0.15) is 4.31 Å². The molecule has 2 N–H and O–H groups in total. The number of imidazole rings is 1. The zero-order valence-electron chi connectivity index (χ0n) is 11.0. The molecule has 0 saturated carbocycles. The van der Waals surface area contributed by atoms with Crippen LogP contribution in [0.5, 0.6) is 0 Å². The SMILES string of the molecule is CC1CCC(C)N(S(=O)(=O)c2c(N)ncn2C)C1. The maximum Gasteiger partial charge on any atom is 0.262 e. The van der Waals surface area contributed by atoms with Gasteiger partial charge in [-0.05, 0) is 25.7 Å². The molecule has 1 aromatic heterocycles. The number of aromatic nitrogens is 2. The van der Waals surface area contributed by atoms with Crippen molar-refractivity contribution in [2.45, 2.75) is 37.8 Å². The van der Waals surface area contributed by atoms with Crippen LogP contribution < -0.4 is 5.73 Å². The number of rotatable bonds is 2. The van der Waals surface area contributed by atoms with Crippen LogP contribution >= 0.6 is 0 Å². The zero-order valence-corrected chi connectivity index (χ0v) is 11.8. The predicted octanol–water partition coefficient (Wildman–Crippen LogP) is 0.811. The first-order chi connectivity index (χ1) is 8.34. The lowest BCUT2D eigenvalue weighted by atomic mass is 9.97. The third-order valence-electron chi connectivity index (χ3n) is 3.52. The quantitative estimate of drug-likeness (QED) is 0.864. The lowest BCUT2D eigenvalue weighted by molar-refractivity contribution is 0.217. The molecule has 2 heterocycles. The number of nitrogens with two attached hydrogens (primary N) is 1. The van der Waals surface area contributed by atoms with E-state index in [-0.39, 0.29) is 16.9 Å². The van der Waals surface area contributed by atoms with Crippen LogP contribution in [-0.2, 0) is 17.1 Å². The lowest BCUT2D eigenvalue weighted by Gasteiger charge is -2.35. The summed E-state index contributed by atoms with van der Waals surface area (Å²) < 4.78 is 28.3. The molecule has 2 rings (SSSR count). The maximum atomic E-state index is 12.6. The number of hydrogen-bond acceptors (Lipinski definition) is 4. The topological polar surface area (TPSA) is 81.2 Å². The number of nitrogen functional groups attached to an aromatic ring is 1. The Morgan fingerprint density at radius 1 is 1.39 bits per heavy atom. The second-order valence-electron chi connectivity index (χ2n) is 5.15. The Balaban J connectivity index is 2.42. The molecule has 7 heteroatoms. The molecule has 0 radical (unpaired) electrons. The minimum Gasteiger partial charge on any atom is -0.381 e. The Bertz CT molecular complexity index is 518. The molecule has 2 atom stereocenters. The maximum absolute atomic E-state index is 12.6. The molecule has 1 saturated heterocycles. The number of piperidine rings is 1. The molecular formula is C11H20N4O2S. The van der Waals surface area contributed by atoms with Gasteiger partial charge in [0, 0.05) is 19.6 Å². The van der Waals surface area contributed by atoms with Gasteiger partial charge < -0.3 is 10.3 Å². The average Bonchev–Trinajstić information content (AvgIpc) is 2.62. The summed E-state index contributed by atoms with van der Waals surface area (Å²) >= 11 is 0. The number of nitrogens with zero attached hydrogens (tertiary/aromatic N) is 3. The molecule has 1 fully saturated rings. The minimum atomic E-state index is -3.55. The standard InChI is InChI=1S/C11H20N4O2S/c1-8-4-5-9(2)15(6-8)18(16,17)11-10(12)13-7-14(11)3/h7-9H,4-6,12H2,1-3H3. The fourth-order valence-electron chi connectivity index (χ4n) is 2.45. The first kappa shape index (κ1) is 13.4. The summed E-state index contributed by atoms with van der Waals surface area (Å²) in [5.41, 5.74) is 5.68. The molecule has 18 heavy (non-hydrogen) atoms. The van der Waals surface area contributed by atoms with E-state index in [9.17, 15) is 8.42 Å². The first-order valence-corrected chi connectivity index (χ1v) is 7.56. The van der Waals surface area contributed by atoms with E-state index in [1.807, 2.05) is 6.92 Å². The Kier molecular flexibility index (Phi) is 3.37. The molecule has 1 aliphatic rings. The first-order valence-electron chi connectivity index (χ1n) is 6.12. The minimum absolute atomic E-state index is 0.0144. The van der Waals surface area contributed by atoms with Crippen molar-refractivity contribution in [2.75, 3.05) is 12.3 Å². The summed E-state index contributed by atoms with van der Waals surface area (Å²) in [7, 11) is -1.91. The fraction of sp³-hybridized carbons (Fsp3) is 0.727. The molecule has 0 aromatic carbocycles. The van der Waals surface area contributed by atoms with Crippen molar-refractivity contribution in [3.63, 3.8) is 0 Å². The van der Waals surface area contributed by atoms with Crippen molar-refractivity contribution in [3.8, 4) is 0 Å². The van der Waals surface area contributed by atoms with Crippen LogP contribution in [0.3, 0.4) is 0 Å². The molecular weight excluding hydrogens is 252 g/mol. The van der Waals surface area contributed by atoms with Gasteiger partial charge in [-0.3, -0.25) is 0 Å². The van der Waals surface area contributed by atoms with Crippen molar-refractivity contribution in [3.05, 3.63) is 6.33 Å². The van der Waals surface area contributed by atoms with Gasteiger partial charge in [0.05, 0.1) is 6.33 Å². The molecule has 0 spiro atoms. The van der Waals surface area contributed by atoms with Crippen molar-refractivity contribution in [1.82, 2.24) is 13.9 Å². The smallest absolute Gasteiger partial charge is 0.262 e. The predicted molar refractivity (Wildman–Crippen MR) is 69.4 cm³/mol. The molecule has 0 bridgehead atoms. The monoisotopic (exact) mass is 272 g/mol. The molecule has 0 aliphatic carbocycles. The lowest BCUT2D eigenvalue weighted by Crippen LogP contribution is -2.45. The largest absolute Gasteiger partial charge is 0.381 e. The van der Waals surface area contributed by atoms with Gasteiger partial charge in [-0.15, -0.1) is 0 Å². The second kappa shape index (κ2) is 4.55. The Morgan fingerprint density at radius 2 is 2.06 bits per heavy atom. The number of anilines is 1. The van der Waals surface area contributed by atoms with Crippen LogP contribution in [-0.4, -0.2) is 34.9 Å². The van der Waals surface area contributed by atoms with Crippen LogP contribution in [0.25, 0.3) is 0 Å². The van der Waals surface area contributed by atoms with Gasteiger partial charge in [-0.25, -0.2) is 13.4 Å². The molecule has 0 amide bonds. The van der Waals surface area contributed by atoms with Crippen molar-refractivity contribution >= 4 is 15.8 Å². The van der Waals surface area contributed by atoms with Gasteiger partial charge in [0.15, 0.2) is 10.8 Å². The molecule has 1 aliphatic heterocycles. The summed E-state index contributed by atoms with van der Waals surface area (Å²) in [6.45, 7) is 4.56. The highest BCUT2D eigenvalue weighted by atomic mass is 32.2. The van der Waals surface area contributed by atoms with E-state index < -0.39 is 10.0 Å². The third kappa shape index (κ3) is 2.12.